The average Bonchev–Trinajstić information content (AvgIpc) is 2.68. The standard InChI is InChI=1S/C22H29N3O/c1-17-9-7-8-12-21(17)25-15-13-24(14-16-25)19(3)22(26)23-18(2)20-10-5-4-6-11-20/h4-12,18-19H,13-16H2,1-3H3,(H,23,26)/t18-,19-/m1/s1. The maximum absolute atomic E-state index is 12.7. The molecule has 0 radical (unpaired) electrons. The highest BCUT2D eigenvalue weighted by Gasteiger charge is 2.26. The molecule has 0 bridgehead atoms. The van der Waals surface area contributed by atoms with E-state index >= 15 is 0 Å². The molecule has 4 nitrogen and oxygen atoms in total. The van der Waals surface area contributed by atoms with Gasteiger partial charge < -0.3 is 10.2 Å². The van der Waals surface area contributed by atoms with E-state index in [-0.39, 0.29) is 18.0 Å². The molecule has 0 saturated carbocycles. The third-order valence-electron chi connectivity index (χ3n) is 5.36. The Bertz CT molecular complexity index is 723. The van der Waals surface area contributed by atoms with Crippen LogP contribution in [0.5, 0.6) is 0 Å². The number of rotatable bonds is 5. The zero-order chi connectivity index (χ0) is 18.5. The topological polar surface area (TPSA) is 35.6 Å². The molecule has 0 spiro atoms. The van der Waals surface area contributed by atoms with Crippen LogP contribution in [0.1, 0.15) is 31.0 Å². The smallest absolute Gasteiger partial charge is 0.237 e. The van der Waals surface area contributed by atoms with Gasteiger partial charge in [0.1, 0.15) is 0 Å². The summed E-state index contributed by atoms with van der Waals surface area (Å²) in [5, 5.41) is 3.15. The molecule has 138 valence electrons. The summed E-state index contributed by atoms with van der Waals surface area (Å²) in [6.45, 7) is 9.92. The first-order valence-corrected chi connectivity index (χ1v) is 9.46. The van der Waals surface area contributed by atoms with Gasteiger partial charge in [0, 0.05) is 31.9 Å². The average molecular weight is 351 g/mol. The molecule has 1 aliphatic rings. The van der Waals surface area contributed by atoms with Gasteiger partial charge in [0.2, 0.25) is 5.91 Å². The van der Waals surface area contributed by atoms with Crippen LogP contribution in [0.25, 0.3) is 0 Å². The van der Waals surface area contributed by atoms with Gasteiger partial charge in [-0.2, -0.15) is 0 Å². The summed E-state index contributed by atoms with van der Waals surface area (Å²) in [6.07, 6.45) is 0. The zero-order valence-corrected chi connectivity index (χ0v) is 16.0. The van der Waals surface area contributed by atoms with E-state index in [1.165, 1.54) is 11.3 Å². The second-order valence-corrected chi connectivity index (χ2v) is 7.13. The zero-order valence-electron chi connectivity index (χ0n) is 16.0. The SMILES string of the molecule is Cc1ccccc1N1CCN([C@H](C)C(=O)N[C@H](C)c2ccccc2)CC1. The molecule has 2 aromatic carbocycles. The Kier molecular flexibility index (Phi) is 5.94. The molecule has 1 amide bonds. The number of amides is 1. The highest BCUT2D eigenvalue weighted by atomic mass is 16.2. The molecule has 4 heteroatoms. The van der Waals surface area contributed by atoms with Crippen LogP contribution in [-0.4, -0.2) is 43.0 Å². The quantitative estimate of drug-likeness (QED) is 0.897. The highest BCUT2D eigenvalue weighted by molar-refractivity contribution is 5.81. The van der Waals surface area contributed by atoms with Crippen molar-refractivity contribution in [1.82, 2.24) is 10.2 Å². The number of nitrogens with zero attached hydrogens (tertiary/aromatic N) is 2. The van der Waals surface area contributed by atoms with Gasteiger partial charge in [0.25, 0.3) is 0 Å². The first-order valence-electron chi connectivity index (χ1n) is 9.46. The van der Waals surface area contributed by atoms with Crippen molar-refractivity contribution >= 4 is 11.6 Å². The van der Waals surface area contributed by atoms with Crippen LogP contribution >= 0.6 is 0 Å². The summed E-state index contributed by atoms with van der Waals surface area (Å²) in [6, 6.07) is 18.5. The number of benzene rings is 2. The van der Waals surface area contributed by atoms with Crippen molar-refractivity contribution in [3.8, 4) is 0 Å². The molecular weight excluding hydrogens is 322 g/mol. The second-order valence-electron chi connectivity index (χ2n) is 7.13. The molecule has 2 atom stereocenters. The second kappa shape index (κ2) is 8.37. The highest BCUT2D eigenvalue weighted by Crippen LogP contribution is 2.21. The van der Waals surface area contributed by atoms with Crippen molar-refractivity contribution in [3.63, 3.8) is 0 Å². The molecule has 2 aromatic rings. The molecule has 3 rings (SSSR count). The van der Waals surface area contributed by atoms with Crippen molar-refractivity contribution in [3.05, 3.63) is 65.7 Å². The van der Waals surface area contributed by atoms with Crippen LogP contribution in [0.4, 0.5) is 5.69 Å². The summed E-state index contributed by atoms with van der Waals surface area (Å²) in [5.41, 5.74) is 3.75. The van der Waals surface area contributed by atoms with Gasteiger partial charge in [-0.1, -0.05) is 48.5 Å². The van der Waals surface area contributed by atoms with Gasteiger partial charge >= 0.3 is 0 Å². The van der Waals surface area contributed by atoms with E-state index in [9.17, 15) is 4.79 Å². The largest absolute Gasteiger partial charge is 0.369 e. The van der Waals surface area contributed by atoms with E-state index in [1.54, 1.807) is 0 Å². The van der Waals surface area contributed by atoms with Gasteiger partial charge in [-0.15, -0.1) is 0 Å². The van der Waals surface area contributed by atoms with Crippen LogP contribution < -0.4 is 10.2 Å². The molecule has 1 heterocycles. The van der Waals surface area contributed by atoms with Crippen LogP contribution in [0, 0.1) is 6.92 Å². The normalized spacial score (nSPS) is 17.6. The Morgan fingerprint density at radius 2 is 1.54 bits per heavy atom. The minimum Gasteiger partial charge on any atom is -0.369 e. The number of hydrogen-bond donors (Lipinski definition) is 1. The van der Waals surface area contributed by atoms with Gasteiger partial charge in [-0.25, -0.2) is 0 Å². The molecule has 1 aliphatic heterocycles. The number of carbonyl (C=O) groups is 1. The molecule has 1 N–H and O–H groups in total. The summed E-state index contributed by atoms with van der Waals surface area (Å²) in [5.74, 6) is 0.102. The minimum atomic E-state index is -0.111. The van der Waals surface area contributed by atoms with E-state index in [0.717, 1.165) is 31.7 Å². The number of anilines is 1. The predicted octanol–water partition coefficient (Wildman–Crippen LogP) is 3.38. The number of carbonyl (C=O) groups excluding carboxylic acids is 1. The summed E-state index contributed by atoms with van der Waals surface area (Å²) in [7, 11) is 0. The van der Waals surface area contributed by atoms with E-state index in [1.807, 2.05) is 32.0 Å². The van der Waals surface area contributed by atoms with Crippen LogP contribution in [0.15, 0.2) is 54.6 Å². The van der Waals surface area contributed by atoms with Crippen LogP contribution in [0.3, 0.4) is 0 Å². The fourth-order valence-electron chi connectivity index (χ4n) is 3.59. The van der Waals surface area contributed by atoms with E-state index < -0.39 is 0 Å². The fraction of sp³-hybridized carbons (Fsp3) is 0.409. The molecule has 1 saturated heterocycles. The van der Waals surface area contributed by atoms with Crippen molar-refractivity contribution < 1.29 is 4.79 Å². The van der Waals surface area contributed by atoms with Crippen molar-refractivity contribution in [2.75, 3.05) is 31.1 Å². The fourth-order valence-corrected chi connectivity index (χ4v) is 3.59. The summed E-state index contributed by atoms with van der Waals surface area (Å²) in [4.78, 5) is 17.4. The first-order chi connectivity index (χ1) is 12.6. The number of nitrogens with one attached hydrogen (secondary N) is 1. The number of hydrogen-bond acceptors (Lipinski definition) is 3. The number of piperazine rings is 1. The van der Waals surface area contributed by atoms with E-state index in [0.29, 0.717) is 0 Å². The van der Waals surface area contributed by atoms with E-state index in [2.05, 4.69) is 58.4 Å². The molecule has 26 heavy (non-hydrogen) atoms. The first kappa shape index (κ1) is 18.5. The lowest BCUT2D eigenvalue weighted by Crippen LogP contribution is -2.54. The maximum atomic E-state index is 12.7. The lowest BCUT2D eigenvalue weighted by atomic mass is 10.1. The lowest BCUT2D eigenvalue weighted by molar-refractivity contribution is -0.126. The maximum Gasteiger partial charge on any atom is 0.237 e. The van der Waals surface area contributed by atoms with Crippen molar-refractivity contribution in [1.29, 1.82) is 0 Å². The Morgan fingerprint density at radius 3 is 2.19 bits per heavy atom. The molecule has 0 aromatic heterocycles. The van der Waals surface area contributed by atoms with E-state index in [4.69, 9.17) is 0 Å². The molecule has 0 aliphatic carbocycles. The molecule has 0 unspecified atom stereocenters. The third kappa shape index (κ3) is 4.25. The monoisotopic (exact) mass is 351 g/mol. The minimum absolute atomic E-state index is 0.0272. The number of para-hydroxylation sites is 1. The van der Waals surface area contributed by atoms with Gasteiger partial charge in [-0.05, 0) is 38.0 Å². The van der Waals surface area contributed by atoms with Crippen molar-refractivity contribution in [2.24, 2.45) is 0 Å². The predicted molar refractivity (Wildman–Crippen MR) is 107 cm³/mol. The number of aryl methyl sites for hydroxylation is 1. The van der Waals surface area contributed by atoms with Crippen molar-refractivity contribution in [2.45, 2.75) is 32.9 Å². The summed E-state index contributed by atoms with van der Waals surface area (Å²) < 4.78 is 0. The summed E-state index contributed by atoms with van der Waals surface area (Å²) >= 11 is 0. The Balaban J connectivity index is 1.54. The Morgan fingerprint density at radius 1 is 0.923 bits per heavy atom. The third-order valence-corrected chi connectivity index (χ3v) is 5.36. The van der Waals surface area contributed by atoms with Crippen LogP contribution in [0.2, 0.25) is 0 Å². The van der Waals surface area contributed by atoms with Gasteiger partial charge in [0.05, 0.1) is 12.1 Å². The van der Waals surface area contributed by atoms with Crippen LogP contribution in [-0.2, 0) is 4.79 Å². The molecule has 1 fully saturated rings. The Hall–Kier alpha value is -2.33. The molecular formula is C22H29N3O. The van der Waals surface area contributed by atoms with Gasteiger partial charge in [0.15, 0.2) is 0 Å². The van der Waals surface area contributed by atoms with Gasteiger partial charge in [-0.3, -0.25) is 9.69 Å². The lowest BCUT2D eigenvalue weighted by Gasteiger charge is -2.39. The Labute approximate surface area is 156 Å².